The van der Waals surface area contributed by atoms with Crippen molar-refractivity contribution in [1.82, 2.24) is 19.4 Å². The first-order valence-electron chi connectivity index (χ1n) is 14.6. The van der Waals surface area contributed by atoms with Gasteiger partial charge in [-0.2, -0.15) is 4.98 Å². The highest BCUT2D eigenvalue weighted by Crippen LogP contribution is 2.50. The molecule has 4 heterocycles. The minimum absolute atomic E-state index is 0.0173. The maximum absolute atomic E-state index is 15.6. The Hall–Kier alpha value is -4.28. The number of aromatic nitrogens is 3. The summed E-state index contributed by atoms with van der Waals surface area (Å²) in [7, 11) is 0. The molecule has 0 bridgehead atoms. The number of halogens is 2. The Morgan fingerprint density at radius 1 is 1.27 bits per heavy atom. The molecule has 1 amide bonds. The molecular formula is C33H34ClFN6O3. The summed E-state index contributed by atoms with van der Waals surface area (Å²) in [5.74, 6) is 0.0860. The van der Waals surface area contributed by atoms with Gasteiger partial charge in [0.15, 0.2) is 5.75 Å². The molecule has 2 aliphatic heterocycles. The van der Waals surface area contributed by atoms with Crippen molar-refractivity contribution in [1.29, 1.82) is 0 Å². The number of rotatable bonds is 5. The lowest BCUT2D eigenvalue weighted by Crippen LogP contribution is -2.54. The van der Waals surface area contributed by atoms with Gasteiger partial charge in [-0.3, -0.25) is 14.3 Å². The standard InChI is InChI=1S/C33H34ClFN6O3/c1-6-25(42)39-11-12-40(19(5)15-39)32-21-13-23(34)27-26-22(20(14-36)7-8-24(26)35)16-44-31(27)30(21)41(33(43)38-32)29-18(4)9-10-37-28(29)17(2)3/h6-10,13,17,19H,1,11-12,14-16,36H2,2-5H3/t19-/m0/s1. The molecule has 228 valence electrons. The van der Waals surface area contributed by atoms with Crippen LogP contribution in [0.1, 0.15) is 49.1 Å². The number of carbonyl (C=O) groups is 1. The number of ether oxygens (including phenoxy) is 1. The first kappa shape index (κ1) is 29.8. The highest BCUT2D eigenvalue weighted by Gasteiger charge is 2.34. The minimum atomic E-state index is -0.530. The number of nitrogens with two attached hydrogens (primary N) is 1. The number of nitrogens with zero attached hydrogens (tertiary/aromatic N) is 5. The van der Waals surface area contributed by atoms with Crippen molar-refractivity contribution < 1.29 is 13.9 Å². The second kappa shape index (κ2) is 11.3. The second-order valence-corrected chi connectivity index (χ2v) is 12.0. The van der Waals surface area contributed by atoms with Crippen LogP contribution in [0.4, 0.5) is 10.2 Å². The van der Waals surface area contributed by atoms with E-state index in [4.69, 9.17) is 22.1 Å². The van der Waals surface area contributed by atoms with Crippen molar-refractivity contribution in [2.24, 2.45) is 5.73 Å². The SMILES string of the molecule is C=CC(=O)N1CCN(c2nc(=O)n(-c3c(C)ccnc3C(C)C)c3c4c(c(Cl)cc23)-c2c(F)ccc(CN)c2CO4)[C@@H](C)C1. The van der Waals surface area contributed by atoms with E-state index in [2.05, 4.69) is 16.5 Å². The maximum atomic E-state index is 15.6. The third-order valence-corrected chi connectivity index (χ3v) is 8.86. The first-order valence-corrected chi connectivity index (χ1v) is 15.0. The number of anilines is 1. The molecule has 1 saturated heterocycles. The normalized spacial score (nSPS) is 16.1. The van der Waals surface area contributed by atoms with E-state index in [1.807, 2.05) is 38.7 Å². The van der Waals surface area contributed by atoms with E-state index in [0.29, 0.717) is 70.2 Å². The summed E-state index contributed by atoms with van der Waals surface area (Å²) in [6.07, 6.45) is 3.02. The lowest BCUT2D eigenvalue weighted by atomic mass is 9.91. The van der Waals surface area contributed by atoms with Crippen molar-refractivity contribution in [3.05, 3.63) is 86.8 Å². The molecular weight excluding hydrogens is 583 g/mol. The molecule has 2 N–H and O–H groups in total. The minimum Gasteiger partial charge on any atom is -0.486 e. The second-order valence-electron chi connectivity index (χ2n) is 11.6. The lowest BCUT2D eigenvalue weighted by Gasteiger charge is -2.40. The molecule has 6 rings (SSSR count). The number of fused-ring (bicyclic) bond motifs is 5. The molecule has 0 unspecified atom stereocenters. The van der Waals surface area contributed by atoms with Gasteiger partial charge in [-0.15, -0.1) is 0 Å². The van der Waals surface area contributed by atoms with E-state index < -0.39 is 11.5 Å². The van der Waals surface area contributed by atoms with E-state index >= 15 is 4.39 Å². The van der Waals surface area contributed by atoms with Gasteiger partial charge in [0, 0.05) is 60.5 Å². The molecule has 0 spiro atoms. The number of hydrogen-bond acceptors (Lipinski definition) is 7. The van der Waals surface area contributed by atoms with Crippen LogP contribution in [0.3, 0.4) is 0 Å². The van der Waals surface area contributed by atoms with Crippen molar-refractivity contribution >= 4 is 34.2 Å². The van der Waals surface area contributed by atoms with Gasteiger partial charge in [-0.25, -0.2) is 9.18 Å². The average Bonchev–Trinajstić information content (AvgIpc) is 3.00. The van der Waals surface area contributed by atoms with Crippen LogP contribution in [0, 0.1) is 12.7 Å². The van der Waals surface area contributed by atoms with E-state index in [1.54, 1.807) is 23.2 Å². The molecule has 0 saturated carbocycles. The molecule has 2 aromatic heterocycles. The molecule has 1 atom stereocenters. The van der Waals surface area contributed by atoms with Crippen LogP contribution in [-0.2, 0) is 17.9 Å². The molecule has 11 heteroatoms. The van der Waals surface area contributed by atoms with Crippen LogP contribution >= 0.6 is 11.6 Å². The molecule has 4 aromatic rings. The Labute approximate surface area is 259 Å². The summed E-state index contributed by atoms with van der Waals surface area (Å²) < 4.78 is 23.6. The van der Waals surface area contributed by atoms with Crippen molar-refractivity contribution in [2.75, 3.05) is 24.5 Å². The van der Waals surface area contributed by atoms with Crippen LogP contribution < -0.4 is 21.1 Å². The number of pyridine rings is 1. The van der Waals surface area contributed by atoms with Crippen molar-refractivity contribution in [3.8, 4) is 22.6 Å². The van der Waals surface area contributed by atoms with Gasteiger partial charge in [-0.1, -0.05) is 38.1 Å². The predicted molar refractivity (Wildman–Crippen MR) is 170 cm³/mol. The molecule has 44 heavy (non-hydrogen) atoms. The molecule has 1 fully saturated rings. The number of piperazine rings is 1. The van der Waals surface area contributed by atoms with Gasteiger partial charge in [0.25, 0.3) is 0 Å². The van der Waals surface area contributed by atoms with Crippen LogP contribution in [0.2, 0.25) is 5.02 Å². The Bertz CT molecular complexity index is 1910. The average molecular weight is 617 g/mol. The summed E-state index contributed by atoms with van der Waals surface area (Å²) in [4.78, 5) is 39.6. The van der Waals surface area contributed by atoms with E-state index in [1.165, 1.54) is 16.7 Å². The summed E-state index contributed by atoms with van der Waals surface area (Å²) >= 11 is 7.01. The van der Waals surface area contributed by atoms with Gasteiger partial charge in [0.1, 0.15) is 23.8 Å². The number of amides is 1. The van der Waals surface area contributed by atoms with E-state index in [9.17, 15) is 9.59 Å². The zero-order valence-electron chi connectivity index (χ0n) is 25.2. The fourth-order valence-corrected chi connectivity index (χ4v) is 6.71. The highest BCUT2D eigenvalue weighted by molar-refractivity contribution is 6.35. The Morgan fingerprint density at radius 2 is 2.05 bits per heavy atom. The van der Waals surface area contributed by atoms with Gasteiger partial charge in [0.2, 0.25) is 5.91 Å². The Kier molecular flexibility index (Phi) is 7.67. The predicted octanol–water partition coefficient (Wildman–Crippen LogP) is 5.25. The van der Waals surface area contributed by atoms with Gasteiger partial charge in [0.05, 0.1) is 16.4 Å². The van der Waals surface area contributed by atoms with Crippen LogP contribution in [-0.4, -0.2) is 51.0 Å². The van der Waals surface area contributed by atoms with Gasteiger partial charge in [-0.05, 0) is 55.2 Å². The van der Waals surface area contributed by atoms with E-state index in [-0.39, 0.29) is 36.0 Å². The largest absolute Gasteiger partial charge is 0.486 e. The van der Waals surface area contributed by atoms with Gasteiger partial charge < -0.3 is 20.3 Å². The maximum Gasteiger partial charge on any atom is 0.354 e. The van der Waals surface area contributed by atoms with Crippen molar-refractivity contribution in [2.45, 2.75) is 52.8 Å². The molecule has 0 radical (unpaired) electrons. The first-order chi connectivity index (χ1) is 21.1. The third kappa shape index (κ3) is 4.64. The van der Waals surface area contributed by atoms with Crippen molar-refractivity contribution in [3.63, 3.8) is 0 Å². The molecule has 0 aliphatic carbocycles. The molecule has 2 aliphatic rings. The zero-order chi connectivity index (χ0) is 31.4. The fraction of sp³-hybridized carbons (Fsp3) is 0.333. The highest BCUT2D eigenvalue weighted by atomic mass is 35.5. The number of aryl methyl sites for hydroxylation is 1. The molecule has 2 aromatic carbocycles. The quantitative estimate of drug-likeness (QED) is 0.305. The number of benzene rings is 2. The van der Waals surface area contributed by atoms with Gasteiger partial charge >= 0.3 is 5.69 Å². The summed E-state index contributed by atoms with van der Waals surface area (Å²) in [5.41, 5.74) is 10.1. The molecule has 9 nitrogen and oxygen atoms in total. The lowest BCUT2D eigenvalue weighted by molar-refractivity contribution is -0.126. The topological polar surface area (TPSA) is 107 Å². The summed E-state index contributed by atoms with van der Waals surface area (Å²) in [5, 5.41) is 0.829. The van der Waals surface area contributed by atoms with Crippen LogP contribution in [0.15, 0.2) is 47.9 Å². The number of carbonyl (C=O) groups excluding carboxylic acids is 1. The number of hydrogen-bond donors (Lipinski definition) is 1. The smallest absolute Gasteiger partial charge is 0.354 e. The monoisotopic (exact) mass is 616 g/mol. The Balaban J connectivity index is 1.71. The van der Waals surface area contributed by atoms with Crippen LogP contribution in [0.25, 0.3) is 27.7 Å². The van der Waals surface area contributed by atoms with Crippen LogP contribution in [0.5, 0.6) is 5.75 Å². The third-order valence-electron chi connectivity index (χ3n) is 8.56. The zero-order valence-corrected chi connectivity index (χ0v) is 25.9. The Morgan fingerprint density at radius 3 is 2.73 bits per heavy atom. The summed E-state index contributed by atoms with van der Waals surface area (Å²) in [6.45, 7) is 13.1. The van der Waals surface area contributed by atoms with E-state index in [0.717, 1.165) is 11.1 Å². The summed E-state index contributed by atoms with van der Waals surface area (Å²) in [6, 6.07) is 6.44. The fourth-order valence-electron chi connectivity index (χ4n) is 6.42.